The number of nitrogens with one attached hydrogen (secondary N) is 2. The van der Waals surface area contributed by atoms with Gasteiger partial charge in [0.2, 0.25) is 0 Å². The van der Waals surface area contributed by atoms with Gasteiger partial charge in [-0.25, -0.2) is 9.37 Å². The molecule has 8 nitrogen and oxygen atoms in total. The van der Waals surface area contributed by atoms with E-state index in [9.17, 15) is 19.6 Å². The monoisotopic (exact) mass is 443 g/mol. The standard InChI is InChI=1S/C24H18FN5O3/c25-18-9-7-16(8-10-18)20(26)11-12-21-28-22(17-5-3-15(14-31)4-6-17)23(29-21)19-2-1-13-27-24(19)30(32)33/h1-13,26,31H,14H2,(H,28,29)/b12-11-,26-20?. The number of pyridine rings is 1. The van der Waals surface area contributed by atoms with Gasteiger partial charge in [-0.15, -0.1) is 0 Å². The Bertz CT molecular complexity index is 1350. The van der Waals surface area contributed by atoms with Crippen LogP contribution in [-0.2, 0) is 6.61 Å². The van der Waals surface area contributed by atoms with Gasteiger partial charge in [-0.05, 0) is 69.6 Å². The molecule has 4 aromatic rings. The van der Waals surface area contributed by atoms with Crippen LogP contribution in [0.3, 0.4) is 0 Å². The van der Waals surface area contributed by atoms with Gasteiger partial charge in [-0.1, -0.05) is 24.3 Å². The molecule has 33 heavy (non-hydrogen) atoms. The second-order valence-corrected chi connectivity index (χ2v) is 7.09. The summed E-state index contributed by atoms with van der Waals surface area (Å²) in [4.78, 5) is 22.5. The first-order valence-electron chi connectivity index (χ1n) is 9.89. The van der Waals surface area contributed by atoms with E-state index in [1.807, 2.05) is 0 Å². The zero-order valence-electron chi connectivity index (χ0n) is 17.2. The summed E-state index contributed by atoms with van der Waals surface area (Å²) in [7, 11) is 0. The first kappa shape index (κ1) is 21.7. The SMILES string of the molecule is N=C(/C=C\c1nc(-c2ccc(CO)cc2)c(-c2cccnc2[N+](=O)[O-])[nH]1)c1ccc(F)cc1. The Morgan fingerprint density at radius 1 is 1.15 bits per heavy atom. The van der Waals surface area contributed by atoms with E-state index >= 15 is 0 Å². The summed E-state index contributed by atoms with van der Waals surface area (Å²) in [5.41, 5.74) is 3.21. The molecule has 0 amide bonds. The molecule has 2 aromatic heterocycles. The summed E-state index contributed by atoms with van der Waals surface area (Å²) in [5.74, 6) is -0.332. The number of aliphatic hydroxyl groups excluding tert-OH is 1. The number of aromatic nitrogens is 3. The number of benzene rings is 2. The molecule has 0 fully saturated rings. The van der Waals surface area contributed by atoms with E-state index in [4.69, 9.17) is 5.41 Å². The maximum Gasteiger partial charge on any atom is 0.372 e. The highest BCUT2D eigenvalue weighted by molar-refractivity contribution is 6.08. The minimum Gasteiger partial charge on any atom is -0.392 e. The number of aromatic amines is 1. The van der Waals surface area contributed by atoms with E-state index in [1.165, 1.54) is 36.5 Å². The number of hydrogen-bond donors (Lipinski definition) is 3. The quantitative estimate of drug-likeness (QED) is 0.215. The van der Waals surface area contributed by atoms with Crippen molar-refractivity contribution in [2.75, 3.05) is 0 Å². The lowest BCUT2D eigenvalue weighted by molar-refractivity contribution is -0.388. The molecule has 2 aromatic carbocycles. The highest BCUT2D eigenvalue weighted by Crippen LogP contribution is 2.34. The molecule has 164 valence electrons. The smallest absolute Gasteiger partial charge is 0.372 e. The van der Waals surface area contributed by atoms with Crippen molar-refractivity contribution < 1.29 is 14.4 Å². The lowest BCUT2D eigenvalue weighted by atomic mass is 10.0. The summed E-state index contributed by atoms with van der Waals surface area (Å²) in [6.07, 6.45) is 4.42. The lowest BCUT2D eigenvalue weighted by Gasteiger charge is -2.04. The van der Waals surface area contributed by atoms with Gasteiger partial charge in [0.1, 0.15) is 17.8 Å². The molecule has 3 N–H and O–H groups in total. The van der Waals surface area contributed by atoms with Crippen molar-refractivity contribution >= 4 is 17.6 Å². The normalized spacial score (nSPS) is 11.1. The van der Waals surface area contributed by atoms with Gasteiger partial charge in [0.25, 0.3) is 0 Å². The van der Waals surface area contributed by atoms with Crippen molar-refractivity contribution in [3.8, 4) is 22.5 Å². The average molecular weight is 443 g/mol. The maximum atomic E-state index is 13.1. The fraction of sp³-hybridized carbons (Fsp3) is 0.0417. The fourth-order valence-electron chi connectivity index (χ4n) is 3.27. The highest BCUT2D eigenvalue weighted by atomic mass is 19.1. The molecular formula is C24H18FN5O3. The van der Waals surface area contributed by atoms with Crippen molar-refractivity contribution in [3.63, 3.8) is 0 Å². The predicted molar refractivity (Wildman–Crippen MR) is 122 cm³/mol. The number of aliphatic hydroxyl groups is 1. The molecule has 4 rings (SSSR count). The van der Waals surface area contributed by atoms with Gasteiger partial charge in [-0.3, -0.25) is 0 Å². The molecule has 0 aliphatic heterocycles. The van der Waals surface area contributed by atoms with Gasteiger partial charge in [0.05, 0.1) is 29.3 Å². The summed E-state index contributed by atoms with van der Waals surface area (Å²) in [6, 6.07) is 15.8. The number of nitro groups is 1. The van der Waals surface area contributed by atoms with Crippen LogP contribution in [0.5, 0.6) is 0 Å². The number of rotatable bonds is 7. The maximum absolute atomic E-state index is 13.1. The van der Waals surface area contributed by atoms with Crippen LogP contribution in [0.15, 0.2) is 72.9 Å². The molecule has 0 spiro atoms. The molecule has 0 bridgehead atoms. The number of hydrogen-bond acceptors (Lipinski definition) is 6. The molecule has 2 heterocycles. The first-order chi connectivity index (χ1) is 16.0. The van der Waals surface area contributed by atoms with Crippen LogP contribution in [0.2, 0.25) is 0 Å². The zero-order valence-corrected chi connectivity index (χ0v) is 17.2. The summed E-state index contributed by atoms with van der Waals surface area (Å²) in [5, 5.41) is 29.0. The summed E-state index contributed by atoms with van der Waals surface area (Å²) < 4.78 is 13.1. The number of halogens is 1. The molecule has 0 aliphatic rings. The van der Waals surface area contributed by atoms with E-state index in [0.717, 1.165) is 5.56 Å². The van der Waals surface area contributed by atoms with Crippen LogP contribution in [0.25, 0.3) is 28.6 Å². The van der Waals surface area contributed by atoms with E-state index < -0.39 is 4.92 Å². The number of allylic oxidation sites excluding steroid dienone is 1. The van der Waals surface area contributed by atoms with Crippen molar-refractivity contribution in [2.45, 2.75) is 6.61 Å². The van der Waals surface area contributed by atoms with Gasteiger partial charge in [0.15, 0.2) is 0 Å². The highest BCUT2D eigenvalue weighted by Gasteiger charge is 2.22. The molecule has 0 atom stereocenters. The van der Waals surface area contributed by atoms with Crippen LogP contribution in [0.4, 0.5) is 10.2 Å². The van der Waals surface area contributed by atoms with E-state index in [2.05, 4.69) is 15.0 Å². The Morgan fingerprint density at radius 2 is 1.88 bits per heavy atom. The zero-order chi connectivity index (χ0) is 23.4. The van der Waals surface area contributed by atoms with Crippen molar-refractivity contribution in [3.05, 3.63) is 106 Å². The minimum atomic E-state index is -0.561. The van der Waals surface area contributed by atoms with Gasteiger partial charge in [0, 0.05) is 5.56 Å². The molecule has 0 unspecified atom stereocenters. The number of nitrogens with zero attached hydrogens (tertiary/aromatic N) is 3. The van der Waals surface area contributed by atoms with Crippen LogP contribution >= 0.6 is 0 Å². The third kappa shape index (κ3) is 4.73. The van der Waals surface area contributed by atoms with Crippen molar-refractivity contribution in [1.29, 1.82) is 5.41 Å². The van der Waals surface area contributed by atoms with Crippen molar-refractivity contribution in [1.82, 2.24) is 15.0 Å². The molecule has 9 heteroatoms. The van der Waals surface area contributed by atoms with Crippen molar-refractivity contribution in [2.24, 2.45) is 0 Å². The Kier molecular flexibility index (Phi) is 6.14. The van der Waals surface area contributed by atoms with Gasteiger partial charge >= 0.3 is 5.82 Å². The third-order valence-corrected chi connectivity index (χ3v) is 4.92. The predicted octanol–water partition coefficient (Wildman–Crippen LogP) is 4.76. The van der Waals surface area contributed by atoms with Gasteiger partial charge in [-0.2, -0.15) is 0 Å². The Labute approximate surface area is 187 Å². The van der Waals surface area contributed by atoms with E-state index in [-0.39, 0.29) is 29.5 Å². The molecule has 0 saturated carbocycles. The first-order valence-corrected chi connectivity index (χ1v) is 9.89. The van der Waals surface area contributed by atoms with Crippen LogP contribution in [0, 0.1) is 21.3 Å². The molecule has 0 radical (unpaired) electrons. The third-order valence-electron chi connectivity index (χ3n) is 4.92. The lowest BCUT2D eigenvalue weighted by Crippen LogP contribution is -1.96. The fourth-order valence-corrected chi connectivity index (χ4v) is 3.27. The minimum absolute atomic E-state index is 0.110. The van der Waals surface area contributed by atoms with Crippen LogP contribution < -0.4 is 0 Å². The second kappa shape index (κ2) is 9.33. The van der Waals surface area contributed by atoms with Crippen LogP contribution in [0.1, 0.15) is 17.0 Å². The molecular weight excluding hydrogens is 425 g/mol. The van der Waals surface area contributed by atoms with Crippen LogP contribution in [-0.4, -0.2) is 30.7 Å². The van der Waals surface area contributed by atoms with E-state index in [0.29, 0.717) is 28.3 Å². The second-order valence-electron chi connectivity index (χ2n) is 7.09. The Morgan fingerprint density at radius 3 is 2.55 bits per heavy atom. The number of H-pyrrole nitrogens is 1. The largest absolute Gasteiger partial charge is 0.392 e. The number of imidazole rings is 1. The van der Waals surface area contributed by atoms with E-state index in [1.54, 1.807) is 42.5 Å². The summed E-state index contributed by atoms with van der Waals surface area (Å²) in [6.45, 7) is -0.110. The molecule has 0 saturated heterocycles. The summed E-state index contributed by atoms with van der Waals surface area (Å²) >= 11 is 0. The topological polar surface area (TPSA) is 129 Å². The Hall–Kier alpha value is -4.50. The molecule has 0 aliphatic carbocycles. The Balaban J connectivity index is 1.77. The van der Waals surface area contributed by atoms with Gasteiger partial charge < -0.3 is 25.6 Å². The average Bonchev–Trinajstić information content (AvgIpc) is 3.27.